The molecular formula is C12H17N5O3. The molecule has 2 rings (SSSR count). The third-order valence-electron chi connectivity index (χ3n) is 2.94. The maximum absolute atomic E-state index is 11.7. The van der Waals surface area contributed by atoms with Crippen molar-refractivity contribution in [2.45, 2.75) is 39.0 Å². The summed E-state index contributed by atoms with van der Waals surface area (Å²) >= 11 is 0. The number of nitrogens with two attached hydrogens (primary N) is 1. The molecule has 0 spiro atoms. The molecule has 1 atom stereocenters. The predicted octanol–water partition coefficient (Wildman–Crippen LogP) is 0.138. The molecule has 2 heterocycles. The summed E-state index contributed by atoms with van der Waals surface area (Å²) in [6.07, 6.45) is 5.09. The van der Waals surface area contributed by atoms with Gasteiger partial charge in [0.05, 0.1) is 12.5 Å². The quantitative estimate of drug-likeness (QED) is 0.726. The number of rotatable bonds is 6. The number of carbonyl (C=O) groups excluding carboxylic acids is 1. The molecule has 2 aromatic heterocycles. The molecule has 2 aromatic rings. The molecular weight excluding hydrogens is 262 g/mol. The first-order valence-corrected chi connectivity index (χ1v) is 6.45. The number of aromatic amines is 1. The Hall–Kier alpha value is -2.22. The van der Waals surface area contributed by atoms with Crippen LogP contribution in [0.1, 0.15) is 26.2 Å². The van der Waals surface area contributed by atoms with Crippen LogP contribution in [0.5, 0.6) is 0 Å². The second-order valence-corrected chi connectivity index (χ2v) is 4.45. The highest BCUT2D eigenvalue weighted by Crippen LogP contribution is 2.05. The molecule has 0 amide bonds. The summed E-state index contributed by atoms with van der Waals surface area (Å²) in [6, 6.07) is -0.631. The number of aromatic nitrogens is 4. The molecule has 0 aliphatic heterocycles. The number of unbranched alkanes of at least 4 members (excludes halogenated alkanes) is 1. The Balaban J connectivity index is 2.01. The van der Waals surface area contributed by atoms with Crippen molar-refractivity contribution in [3.05, 3.63) is 22.9 Å². The normalized spacial score (nSPS) is 12.5. The Bertz CT molecular complexity index is 648. The van der Waals surface area contributed by atoms with Gasteiger partial charge in [0.15, 0.2) is 12.4 Å². The van der Waals surface area contributed by atoms with Gasteiger partial charge in [-0.05, 0) is 6.42 Å². The second-order valence-electron chi connectivity index (χ2n) is 4.45. The fourth-order valence-electron chi connectivity index (χ4n) is 1.77. The molecule has 8 heteroatoms. The molecule has 0 saturated heterocycles. The number of carbonyl (C=O) groups is 1. The zero-order chi connectivity index (χ0) is 14.5. The van der Waals surface area contributed by atoms with Crippen LogP contribution in [0.2, 0.25) is 0 Å². The van der Waals surface area contributed by atoms with Crippen LogP contribution in [0.4, 0.5) is 0 Å². The van der Waals surface area contributed by atoms with Gasteiger partial charge < -0.3 is 15.5 Å². The number of ether oxygens (including phenoxy) is 1. The first kappa shape index (κ1) is 14.2. The number of esters is 1. The van der Waals surface area contributed by atoms with Gasteiger partial charge in [0.25, 0.3) is 5.56 Å². The van der Waals surface area contributed by atoms with E-state index in [1.165, 1.54) is 17.2 Å². The minimum atomic E-state index is -0.631. The van der Waals surface area contributed by atoms with E-state index in [4.69, 9.17) is 10.5 Å². The average molecular weight is 279 g/mol. The lowest BCUT2D eigenvalue weighted by atomic mass is 10.1. The Morgan fingerprint density at radius 3 is 3.15 bits per heavy atom. The van der Waals surface area contributed by atoms with Gasteiger partial charge in [-0.1, -0.05) is 19.8 Å². The second kappa shape index (κ2) is 6.29. The standard InChI is InChI=1S/C12H17N5O3/c1-2-3-4-9(13)12(19)20-7-17-10-8(5-16-17)11(18)15-6-14-10/h5-6,9H,2-4,7,13H2,1H3,(H,14,15,18). The molecule has 8 nitrogen and oxygen atoms in total. The maximum Gasteiger partial charge on any atom is 0.324 e. The molecule has 0 aliphatic carbocycles. The smallest absolute Gasteiger partial charge is 0.324 e. The van der Waals surface area contributed by atoms with Gasteiger partial charge in [0, 0.05) is 0 Å². The number of hydrogen-bond donors (Lipinski definition) is 2. The fraction of sp³-hybridized carbons (Fsp3) is 0.500. The lowest BCUT2D eigenvalue weighted by Gasteiger charge is -2.11. The van der Waals surface area contributed by atoms with Crippen molar-refractivity contribution in [1.82, 2.24) is 19.7 Å². The molecule has 3 N–H and O–H groups in total. The van der Waals surface area contributed by atoms with Crippen LogP contribution < -0.4 is 11.3 Å². The third kappa shape index (κ3) is 3.02. The van der Waals surface area contributed by atoms with Crippen LogP contribution in [-0.2, 0) is 16.3 Å². The molecule has 0 bridgehead atoms. The fourth-order valence-corrected chi connectivity index (χ4v) is 1.77. The first-order chi connectivity index (χ1) is 9.63. The molecule has 0 aromatic carbocycles. The average Bonchev–Trinajstić information content (AvgIpc) is 2.86. The third-order valence-corrected chi connectivity index (χ3v) is 2.94. The van der Waals surface area contributed by atoms with E-state index in [0.717, 1.165) is 12.8 Å². The van der Waals surface area contributed by atoms with Crippen molar-refractivity contribution >= 4 is 17.0 Å². The van der Waals surface area contributed by atoms with Crippen LogP contribution in [0, 0.1) is 0 Å². The van der Waals surface area contributed by atoms with Gasteiger partial charge in [0.1, 0.15) is 11.4 Å². The highest BCUT2D eigenvalue weighted by molar-refractivity contribution is 5.75. The number of fused-ring (bicyclic) bond motifs is 1. The van der Waals surface area contributed by atoms with Crippen LogP contribution in [-0.4, -0.2) is 31.8 Å². The summed E-state index contributed by atoms with van der Waals surface area (Å²) in [4.78, 5) is 29.6. The van der Waals surface area contributed by atoms with E-state index in [1.54, 1.807) is 0 Å². The molecule has 0 saturated carbocycles. The summed E-state index contributed by atoms with van der Waals surface area (Å²) in [5, 5.41) is 4.31. The van der Waals surface area contributed by atoms with Crippen LogP contribution in [0.15, 0.2) is 17.3 Å². The zero-order valence-corrected chi connectivity index (χ0v) is 11.2. The molecule has 1 unspecified atom stereocenters. The molecule has 0 fully saturated rings. The van der Waals surface area contributed by atoms with Crippen molar-refractivity contribution in [2.75, 3.05) is 0 Å². The van der Waals surface area contributed by atoms with Crippen LogP contribution >= 0.6 is 0 Å². The number of H-pyrrole nitrogens is 1. The van der Waals surface area contributed by atoms with Gasteiger partial charge in [-0.25, -0.2) is 9.67 Å². The number of hydrogen-bond acceptors (Lipinski definition) is 6. The van der Waals surface area contributed by atoms with E-state index in [0.29, 0.717) is 17.5 Å². The van der Waals surface area contributed by atoms with Crippen molar-refractivity contribution in [1.29, 1.82) is 0 Å². The maximum atomic E-state index is 11.7. The lowest BCUT2D eigenvalue weighted by molar-refractivity contribution is -0.149. The van der Waals surface area contributed by atoms with Crippen molar-refractivity contribution < 1.29 is 9.53 Å². The van der Waals surface area contributed by atoms with E-state index in [-0.39, 0.29) is 12.3 Å². The lowest BCUT2D eigenvalue weighted by Crippen LogP contribution is -2.32. The van der Waals surface area contributed by atoms with Crippen LogP contribution in [0.3, 0.4) is 0 Å². The van der Waals surface area contributed by atoms with E-state index in [2.05, 4.69) is 15.1 Å². The summed E-state index contributed by atoms with van der Waals surface area (Å²) in [5.41, 5.74) is 5.78. The Kier molecular flexibility index (Phi) is 4.46. The predicted molar refractivity (Wildman–Crippen MR) is 71.7 cm³/mol. The van der Waals surface area contributed by atoms with E-state index in [9.17, 15) is 9.59 Å². The number of nitrogens with one attached hydrogen (secondary N) is 1. The molecule has 0 aliphatic rings. The van der Waals surface area contributed by atoms with Gasteiger partial charge in [0.2, 0.25) is 0 Å². The largest absolute Gasteiger partial charge is 0.441 e. The van der Waals surface area contributed by atoms with Crippen molar-refractivity contribution in [3.63, 3.8) is 0 Å². The Morgan fingerprint density at radius 1 is 1.60 bits per heavy atom. The van der Waals surface area contributed by atoms with Gasteiger partial charge in [-0.15, -0.1) is 0 Å². The highest BCUT2D eigenvalue weighted by Gasteiger charge is 2.15. The topological polar surface area (TPSA) is 116 Å². The first-order valence-electron chi connectivity index (χ1n) is 6.45. The minimum Gasteiger partial charge on any atom is -0.441 e. The van der Waals surface area contributed by atoms with E-state index < -0.39 is 12.0 Å². The summed E-state index contributed by atoms with van der Waals surface area (Å²) in [5.74, 6) is -0.480. The van der Waals surface area contributed by atoms with Crippen molar-refractivity contribution in [2.24, 2.45) is 5.73 Å². The monoisotopic (exact) mass is 279 g/mol. The molecule has 20 heavy (non-hydrogen) atoms. The van der Waals surface area contributed by atoms with Crippen LogP contribution in [0.25, 0.3) is 11.0 Å². The Morgan fingerprint density at radius 2 is 2.40 bits per heavy atom. The van der Waals surface area contributed by atoms with Crippen molar-refractivity contribution in [3.8, 4) is 0 Å². The summed E-state index contributed by atoms with van der Waals surface area (Å²) in [7, 11) is 0. The minimum absolute atomic E-state index is 0.112. The highest BCUT2D eigenvalue weighted by atomic mass is 16.5. The zero-order valence-electron chi connectivity index (χ0n) is 11.2. The van der Waals surface area contributed by atoms with E-state index in [1.807, 2.05) is 6.92 Å². The Labute approximate surface area is 114 Å². The molecule has 0 radical (unpaired) electrons. The van der Waals surface area contributed by atoms with E-state index >= 15 is 0 Å². The van der Waals surface area contributed by atoms with Gasteiger partial charge in [-0.2, -0.15) is 5.10 Å². The summed E-state index contributed by atoms with van der Waals surface area (Å²) in [6.45, 7) is 1.91. The van der Waals surface area contributed by atoms with Gasteiger partial charge >= 0.3 is 5.97 Å². The number of nitrogens with zero attached hydrogens (tertiary/aromatic N) is 3. The SMILES string of the molecule is CCCCC(N)C(=O)OCn1ncc2c(=O)[nH]cnc21. The van der Waals surface area contributed by atoms with Gasteiger partial charge in [-0.3, -0.25) is 9.59 Å². The summed E-state index contributed by atoms with van der Waals surface area (Å²) < 4.78 is 6.42. The molecule has 108 valence electrons.